The molecule has 1 rings (SSSR count). The van der Waals surface area contributed by atoms with E-state index >= 15 is 0 Å². The first-order valence-electron chi connectivity index (χ1n) is 5.59. The van der Waals surface area contributed by atoms with Crippen molar-refractivity contribution in [2.24, 2.45) is 0 Å². The van der Waals surface area contributed by atoms with Crippen LogP contribution >= 0.6 is 11.6 Å². The molecule has 0 heterocycles. The van der Waals surface area contributed by atoms with E-state index < -0.39 is 0 Å². The van der Waals surface area contributed by atoms with E-state index in [0.29, 0.717) is 17.1 Å². The third kappa shape index (κ3) is 5.06. The Morgan fingerprint density at radius 3 is 2.88 bits per heavy atom. The lowest BCUT2D eigenvalue weighted by Crippen LogP contribution is -2.38. The molecule has 1 unspecified atom stereocenters. The minimum atomic E-state index is -0.285. The van der Waals surface area contributed by atoms with Gasteiger partial charge in [-0.3, -0.25) is 0 Å². The van der Waals surface area contributed by atoms with Crippen molar-refractivity contribution in [1.29, 1.82) is 0 Å². The van der Waals surface area contributed by atoms with Gasteiger partial charge in [0, 0.05) is 23.4 Å². The van der Waals surface area contributed by atoms with Crippen LogP contribution in [0.3, 0.4) is 0 Å². The van der Waals surface area contributed by atoms with Gasteiger partial charge >= 0.3 is 6.03 Å². The molecule has 0 aliphatic carbocycles. The molecule has 0 aliphatic heterocycles. The van der Waals surface area contributed by atoms with Crippen LogP contribution in [0.2, 0.25) is 5.02 Å². The lowest BCUT2D eigenvalue weighted by atomic mass is 10.2. The van der Waals surface area contributed by atoms with Crippen molar-refractivity contribution < 1.29 is 9.90 Å². The Labute approximate surface area is 106 Å². The van der Waals surface area contributed by atoms with Crippen molar-refractivity contribution in [3.05, 3.63) is 29.3 Å². The summed E-state index contributed by atoms with van der Waals surface area (Å²) in [6, 6.07) is 6.65. The number of rotatable bonds is 5. The zero-order valence-corrected chi connectivity index (χ0v) is 10.5. The van der Waals surface area contributed by atoms with Gasteiger partial charge in [-0.15, -0.1) is 0 Å². The van der Waals surface area contributed by atoms with Crippen molar-refractivity contribution >= 4 is 23.3 Å². The number of amides is 2. The number of aliphatic hydroxyl groups excluding tert-OH is 1. The molecule has 1 aromatic carbocycles. The number of carbonyl (C=O) groups is 1. The van der Waals surface area contributed by atoms with Gasteiger partial charge in [-0.05, 0) is 31.0 Å². The fourth-order valence-electron chi connectivity index (χ4n) is 1.45. The topological polar surface area (TPSA) is 61.4 Å². The Bertz CT molecular complexity index is 371. The van der Waals surface area contributed by atoms with Crippen molar-refractivity contribution in [2.75, 3.05) is 11.9 Å². The molecule has 4 nitrogen and oxygen atoms in total. The Morgan fingerprint density at radius 2 is 2.29 bits per heavy atom. The summed E-state index contributed by atoms with van der Waals surface area (Å²) >= 11 is 5.81. The normalized spacial score (nSPS) is 11.9. The van der Waals surface area contributed by atoms with Crippen LogP contribution in [0.4, 0.5) is 10.5 Å². The monoisotopic (exact) mass is 256 g/mol. The molecule has 0 saturated carbocycles. The molecule has 0 aliphatic rings. The number of hydrogen-bond acceptors (Lipinski definition) is 2. The van der Waals surface area contributed by atoms with Gasteiger partial charge < -0.3 is 15.7 Å². The van der Waals surface area contributed by atoms with Crippen LogP contribution in [0.5, 0.6) is 0 Å². The molecule has 1 atom stereocenters. The van der Waals surface area contributed by atoms with Crippen LogP contribution in [0.25, 0.3) is 0 Å². The largest absolute Gasteiger partial charge is 0.396 e. The fourth-order valence-corrected chi connectivity index (χ4v) is 1.64. The van der Waals surface area contributed by atoms with E-state index in [-0.39, 0.29) is 18.7 Å². The highest BCUT2D eigenvalue weighted by Crippen LogP contribution is 2.14. The summed E-state index contributed by atoms with van der Waals surface area (Å²) in [4.78, 5) is 11.6. The number of urea groups is 1. The molecule has 3 N–H and O–H groups in total. The molecule has 0 spiro atoms. The number of benzene rings is 1. The molecule has 94 valence electrons. The first kappa shape index (κ1) is 13.8. The molecule has 0 radical (unpaired) electrons. The Balaban J connectivity index is 2.49. The maximum atomic E-state index is 11.6. The first-order valence-corrected chi connectivity index (χ1v) is 5.97. The second kappa shape index (κ2) is 7.14. The lowest BCUT2D eigenvalue weighted by Gasteiger charge is -2.16. The zero-order chi connectivity index (χ0) is 12.7. The van der Waals surface area contributed by atoms with Crippen LogP contribution < -0.4 is 10.6 Å². The second-order valence-corrected chi connectivity index (χ2v) is 4.16. The highest BCUT2D eigenvalue weighted by atomic mass is 35.5. The number of anilines is 1. The Kier molecular flexibility index (Phi) is 5.80. The predicted molar refractivity (Wildman–Crippen MR) is 69.4 cm³/mol. The van der Waals surface area contributed by atoms with E-state index in [0.717, 1.165) is 6.42 Å². The minimum Gasteiger partial charge on any atom is -0.396 e. The first-order chi connectivity index (χ1) is 8.15. The van der Waals surface area contributed by atoms with E-state index in [9.17, 15) is 4.79 Å². The molecular weight excluding hydrogens is 240 g/mol. The SMILES string of the molecule is CCC(CCO)NC(=O)Nc1cccc(Cl)c1. The van der Waals surface area contributed by atoms with E-state index in [1.54, 1.807) is 24.3 Å². The standard InChI is InChI=1S/C12H17ClN2O2/c1-2-10(6-7-16)14-12(17)15-11-5-3-4-9(13)8-11/h3-5,8,10,16H,2,6-7H2,1H3,(H2,14,15,17). The molecule has 0 aromatic heterocycles. The smallest absolute Gasteiger partial charge is 0.319 e. The summed E-state index contributed by atoms with van der Waals surface area (Å²) in [5, 5.41) is 14.9. The van der Waals surface area contributed by atoms with Crippen molar-refractivity contribution in [1.82, 2.24) is 5.32 Å². The number of nitrogens with one attached hydrogen (secondary N) is 2. The van der Waals surface area contributed by atoms with Gasteiger partial charge in [-0.1, -0.05) is 24.6 Å². The third-order valence-corrected chi connectivity index (χ3v) is 2.62. The van der Waals surface area contributed by atoms with Gasteiger partial charge in [0.15, 0.2) is 0 Å². The van der Waals surface area contributed by atoms with Gasteiger partial charge in [-0.2, -0.15) is 0 Å². The maximum absolute atomic E-state index is 11.6. The minimum absolute atomic E-state index is 0.0146. The molecule has 2 amide bonds. The number of aliphatic hydroxyl groups is 1. The van der Waals surface area contributed by atoms with E-state index in [4.69, 9.17) is 16.7 Å². The number of carbonyl (C=O) groups excluding carboxylic acids is 1. The highest BCUT2D eigenvalue weighted by Gasteiger charge is 2.09. The summed E-state index contributed by atoms with van der Waals surface area (Å²) in [6.07, 6.45) is 1.34. The van der Waals surface area contributed by atoms with Crippen molar-refractivity contribution in [3.8, 4) is 0 Å². The van der Waals surface area contributed by atoms with Gasteiger partial charge in [0.1, 0.15) is 0 Å². The molecule has 0 saturated heterocycles. The highest BCUT2D eigenvalue weighted by molar-refractivity contribution is 6.30. The quantitative estimate of drug-likeness (QED) is 0.758. The van der Waals surface area contributed by atoms with Gasteiger partial charge in [0.25, 0.3) is 0 Å². The van der Waals surface area contributed by atoms with Gasteiger partial charge in [-0.25, -0.2) is 4.79 Å². The van der Waals surface area contributed by atoms with E-state index in [1.807, 2.05) is 6.92 Å². The van der Waals surface area contributed by atoms with Crippen LogP contribution in [-0.2, 0) is 0 Å². The van der Waals surface area contributed by atoms with E-state index in [1.165, 1.54) is 0 Å². The van der Waals surface area contributed by atoms with Crippen molar-refractivity contribution in [2.45, 2.75) is 25.8 Å². The molecule has 0 bridgehead atoms. The number of hydrogen-bond donors (Lipinski definition) is 3. The average molecular weight is 257 g/mol. The van der Waals surface area contributed by atoms with E-state index in [2.05, 4.69) is 10.6 Å². The second-order valence-electron chi connectivity index (χ2n) is 3.73. The molecule has 17 heavy (non-hydrogen) atoms. The summed E-state index contributed by atoms with van der Waals surface area (Å²) in [5.74, 6) is 0. The van der Waals surface area contributed by atoms with Crippen LogP contribution in [0.15, 0.2) is 24.3 Å². The summed E-state index contributed by atoms with van der Waals surface area (Å²) in [7, 11) is 0. The molecule has 1 aromatic rings. The Hall–Kier alpha value is -1.26. The van der Waals surface area contributed by atoms with Gasteiger partial charge in [0.05, 0.1) is 0 Å². The zero-order valence-electron chi connectivity index (χ0n) is 9.74. The molecular formula is C12H17ClN2O2. The molecule has 0 fully saturated rings. The van der Waals surface area contributed by atoms with Crippen LogP contribution in [-0.4, -0.2) is 23.8 Å². The fraction of sp³-hybridized carbons (Fsp3) is 0.417. The lowest BCUT2D eigenvalue weighted by molar-refractivity contribution is 0.237. The van der Waals surface area contributed by atoms with Crippen LogP contribution in [0.1, 0.15) is 19.8 Å². The Morgan fingerprint density at radius 1 is 1.53 bits per heavy atom. The average Bonchev–Trinajstić information content (AvgIpc) is 2.28. The summed E-state index contributed by atoms with van der Waals surface area (Å²) in [5.41, 5.74) is 0.647. The van der Waals surface area contributed by atoms with Crippen molar-refractivity contribution in [3.63, 3.8) is 0 Å². The summed E-state index contributed by atoms with van der Waals surface area (Å²) < 4.78 is 0. The predicted octanol–water partition coefficient (Wildman–Crippen LogP) is 2.62. The van der Waals surface area contributed by atoms with Gasteiger partial charge in [0.2, 0.25) is 0 Å². The summed E-state index contributed by atoms with van der Waals surface area (Å²) in [6.45, 7) is 2.02. The molecule has 5 heteroatoms. The van der Waals surface area contributed by atoms with Crippen LogP contribution in [0, 0.1) is 0 Å². The maximum Gasteiger partial charge on any atom is 0.319 e. The third-order valence-electron chi connectivity index (χ3n) is 2.39. The number of halogens is 1.